The lowest BCUT2D eigenvalue weighted by Gasteiger charge is -2.29. The Morgan fingerprint density at radius 1 is 1.27 bits per heavy atom. The van der Waals surface area contributed by atoms with Gasteiger partial charge in [-0.1, -0.05) is 23.7 Å². The Morgan fingerprint density at radius 2 is 1.91 bits per heavy atom. The first-order valence-electron chi connectivity index (χ1n) is 6.78. The second kappa shape index (κ2) is 6.66. The number of hydrogen-bond acceptors (Lipinski definition) is 3. The maximum atomic E-state index is 12.9. The molecule has 0 saturated carbocycles. The fraction of sp³-hybridized carbons (Fsp3) is 0.429. The van der Waals surface area contributed by atoms with Crippen LogP contribution in [0, 0.1) is 10.8 Å². The van der Waals surface area contributed by atoms with E-state index in [1.54, 1.807) is 24.3 Å². The van der Waals surface area contributed by atoms with Crippen LogP contribution in [0.1, 0.15) is 18.4 Å². The van der Waals surface area contributed by atoms with E-state index >= 15 is 0 Å². The topological polar surface area (TPSA) is 63.0 Å². The second-order valence-corrected chi connectivity index (χ2v) is 5.53. The Morgan fingerprint density at radius 3 is 2.41 bits per heavy atom. The summed E-state index contributed by atoms with van der Waals surface area (Å²) in [7, 11) is 0. The molecule has 1 atom stereocenters. The molecule has 1 aromatic rings. The predicted molar refractivity (Wildman–Crippen MR) is 79.5 cm³/mol. The van der Waals surface area contributed by atoms with Gasteiger partial charge in [0, 0.05) is 5.02 Å². The molecule has 22 heavy (non-hydrogen) atoms. The van der Waals surface area contributed by atoms with Crippen molar-refractivity contribution in [2.24, 2.45) is 0 Å². The van der Waals surface area contributed by atoms with Crippen molar-refractivity contribution in [1.29, 1.82) is 10.8 Å². The van der Waals surface area contributed by atoms with Gasteiger partial charge in [0.15, 0.2) is 0 Å². The second-order valence-electron chi connectivity index (χ2n) is 5.09. The number of amidine groups is 2. The summed E-state index contributed by atoms with van der Waals surface area (Å²) in [6, 6.07) is 5.88. The van der Waals surface area contributed by atoms with Crippen molar-refractivity contribution in [3.8, 4) is 0 Å². The SMILES string of the molecule is N=C([C@H]1CCCN1)N(Cc1ccc(Cl)cc1)C(=N)C(F)(F)F. The van der Waals surface area contributed by atoms with Crippen LogP contribution in [0.25, 0.3) is 0 Å². The van der Waals surface area contributed by atoms with Gasteiger partial charge in [0.05, 0.1) is 12.6 Å². The summed E-state index contributed by atoms with van der Waals surface area (Å²) < 4.78 is 38.7. The first-order chi connectivity index (χ1) is 10.3. The fourth-order valence-corrected chi connectivity index (χ4v) is 2.44. The third kappa shape index (κ3) is 3.98. The first kappa shape index (κ1) is 16.8. The molecule has 0 radical (unpaired) electrons. The molecular weight excluding hydrogens is 317 g/mol. The molecule has 0 unspecified atom stereocenters. The highest BCUT2D eigenvalue weighted by atomic mass is 35.5. The predicted octanol–water partition coefficient (Wildman–Crippen LogP) is 3.41. The quantitative estimate of drug-likeness (QED) is 0.586. The van der Waals surface area contributed by atoms with Gasteiger partial charge in [0.25, 0.3) is 0 Å². The Kier molecular flexibility index (Phi) is 5.08. The van der Waals surface area contributed by atoms with E-state index in [2.05, 4.69) is 5.32 Å². The summed E-state index contributed by atoms with van der Waals surface area (Å²) in [4.78, 5) is 0.701. The summed E-state index contributed by atoms with van der Waals surface area (Å²) in [6.07, 6.45) is -3.39. The van der Waals surface area contributed by atoms with Gasteiger partial charge < -0.3 is 10.2 Å². The van der Waals surface area contributed by atoms with E-state index in [-0.39, 0.29) is 12.4 Å². The van der Waals surface area contributed by atoms with E-state index in [9.17, 15) is 13.2 Å². The van der Waals surface area contributed by atoms with Crippen LogP contribution in [-0.4, -0.2) is 35.3 Å². The van der Waals surface area contributed by atoms with Crippen molar-refractivity contribution in [2.75, 3.05) is 6.54 Å². The highest BCUT2D eigenvalue weighted by molar-refractivity contribution is 6.30. The molecule has 1 fully saturated rings. The van der Waals surface area contributed by atoms with Crippen LogP contribution in [0.4, 0.5) is 13.2 Å². The minimum absolute atomic E-state index is 0.188. The molecule has 3 N–H and O–H groups in total. The molecule has 1 aromatic carbocycles. The molecule has 0 amide bonds. The normalized spacial score (nSPS) is 18.3. The summed E-state index contributed by atoms with van der Waals surface area (Å²) in [5.41, 5.74) is 0.557. The number of nitrogens with zero attached hydrogens (tertiary/aromatic N) is 1. The average Bonchev–Trinajstić information content (AvgIpc) is 2.98. The minimum atomic E-state index is -4.79. The zero-order chi connectivity index (χ0) is 16.3. The number of benzene rings is 1. The molecular formula is C14H16ClF3N4. The zero-order valence-corrected chi connectivity index (χ0v) is 12.4. The van der Waals surface area contributed by atoms with Crippen LogP contribution >= 0.6 is 11.6 Å². The van der Waals surface area contributed by atoms with Crippen LogP contribution in [-0.2, 0) is 6.54 Å². The molecule has 1 heterocycles. The monoisotopic (exact) mass is 332 g/mol. The number of hydrogen-bond donors (Lipinski definition) is 3. The standard InChI is InChI=1S/C14H16ClF3N4/c15-10-5-3-9(4-6-10)8-22(13(20)14(16,17)18)12(19)11-2-1-7-21-11/h3-6,11,19-21H,1-2,7-8H2/t11-/m1/s1. The van der Waals surface area contributed by atoms with Crippen molar-refractivity contribution in [3.63, 3.8) is 0 Å². The zero-order valence-electron chi connectivity index (χ0n) is 11.7. The molecule has 2 rings (SSSR count). The summed E-state index contributed by atoms with van der Waals surface area (Å²) >= 11 is 5.76. The third-order valence-electron chi connectivity index (χ3n) is 3.47. The summed E-state index contributed by atoms with van der Waals surface area (Å²) in [5, 5.41) is 18.9. The lowest BCUT2D eigenvalue weighted by molar-refractivity contribution is -0.0674. The average molecular weight is 333 g/mol. The van der Waals surface area contributed by atoms with Crippen molar-refractivity contribution in [1.82, 2.24) is 10.2 Å². The number of rotatable bonds is 3. The van der Waals surface area contributed by atoms with E-state index in [4.69, 9.17) is 22.4 Å². The van der Waals surface area contributed by atoms with Gasteiger partial charge in [-0.05, 0) is 37.1 Å². The van der Waals surface area contributed by atoms with Crippen molar-refractivity contribution in [3.05, 3.63) is 34.9 Å². The highest BCUT2D eigenvalue weighted by Crippen LogP contribution is 2.23. The van der Waals surface area contributed by atoms with Crippen LogP contribution in [0.3, 0.4) is 0 Å². The van der Waals surface area contributed by atoms with Crippen molar-refractivity contribution < 1.29 is 13.2 Å². The van der Waals surface area contributed by atoms with E-state index in [1.165, 1.54) is 0 Å². The van der Waals surface area contributed by atoms with E-state index in [1.807, 2.05) is 0 Å². The lowest BCUT2D eigenvalue weighted by atomic mass is 10.1. The molecule has 1 aliphatic heterocycles. The van der Waals surface area contributed by atoms with Crippen molar-refractivity contribution >= 4 is 23.3 Å². The summed E-state index contributed by atoms with van der Waals surface area (Å²) in [6.45, 7) is 0.480. The Hall–Kier alpha value is -1.60. The van der Waals surface area contributed by atoms with Crippen LogP contribution < -0.4 is 5.32 Å². The Labute approximate surface area is 131 Å². The van der Waals surface area contributed by atoms with E-state index < -0.39 is 18.1 Å². The van der Waals surface area contributed by atoms with Gasteiger partial charge in [-0.2, -0.15) is 13.2 Å². The van der Waals surface area contributed by atoms with Gasteiger partial charge in [-0.25, -0.2) is 0 Å². The van der Waals surface area contributed by atoms with Crippen LogP contribution in [0.15, 0.2) is 24.3 Å². The van der Waals surface area contributed by atoms with Gasteiger partial charge in [0.1, 0.15) is 5.84 Å². The largest absolute Gasteiger partial charge is 0.449 e. The molecule has 0 bridgehead atoms. The molecule has 1 saturated heterocycles. The maximum absolute atomic E-state index is 12.9. The van der Waals surface area contributed by atoms with Gasteiger partial charge in [-0.3, -0.25) is 10.8 Å². The molecule has 0 aromatic heterocycles. The van der Waals surface area contributed by atoms with Crippen LogP contribution in [0.5, 0.6) is 0 Å². The van der Waals surface area contributed by atoms with Crippen molar-refractivity contribution in [2.45, 2.75) is 31.6 Å². The first-order valence-corrected chi connectivity index (χ1v) is 7.16. The third-order valence-corrected chi connectivity index (χ3v) is 3.73. The number of halogens is 4. The van der Waals surface area contributed by atoms with Gasteiger partial charge >= 0.3 is 6.18 Å². The van der Waals surface area contributed by atoms with Gasteiger partial charge in [0.2, 0.25) is 5.84 Å². The minimum Gasteiger partial charge on any atom is -0.307 e. The molecule has 8 heteroatoms. The Balaban J connectivity index is 2.22. The molecule has 1 aliphatic rings. The van der Waals surface area contributed by atoms with Crippen LogP contribution in [0.2, 0.25) is 5.02 Å². The molecule has 4 nitrogen and oxygen atoms in total. The molecule has 0 aliphatic carbocycles. The molecule has 0 spiro atoms. The highest BCUT2D eigenvalue weighted by Gasteiger charge is 2.41. The van der Waals surface area contributed by atoms with E-state index in [0.29, 0.717) is 28.5 Å². The van der Waals surface area contributed by atoms with E-state index in [0.717, 1.165) is 6.42 Å². The maximum Gasteiger partial charge on any atom is 0.449 e. The fourth-order valence-electron chi connectivity index (χ4n) is 2.32. The Bertz CT molecular complexity index is 550. The smallest absolute Gasteiger partial charge is 0.307 e. The molecule has 120 valence electrons. The summed E-state index contributed by atoms with van der Waals surface area (Å²) in [5.74, 6) is -1.75. The number of alkyl halides is 3. The van der Waals surface area contributed by atoms with Gasteiger partial charge in [-0.15, -0.1) is 0 Å². The lowest BCUT2D eigenvalue weighted by Crippen LogP contribution is -2.49. The number of nitrogens with one attached hydrogen (secondary N) is 3.